The fourth-order valence-corrected chi connectivity index (χ4v) is 2.21. The molecule has 1 aromatic carbocycles. The van der Waals surface area contributed by atoms with Gasteiger partial charge in [0, 0.05) is 6.54 Å². The first-order chi connectivity index (χ1) is 13.4. The van der Waals surface area contributed by atoms with Crippen molar-refractivity contribution in [2.24, 2.45) is 0 Å². The zero-order chi connectivity index (χ0) is 20.5. The van der Waals surface area contributed by atoms with Crippen molar-refractivity contribution >= 4 is 17.9 Å². The monoisotopic (exact) mass is 389 g/mol. The molecule has 0 aliphatic carbocycles. The molecule has 0 unspecified atom stereocenters. The summed E-state index contributed by atoms with van der Waals surface area (Å²) in [6, 6.07) is 5.66. The molecule has 0 atom stereocenters. The van der Waals surface area contributed by atoms with Crippen LogP contribution in [0, 0.1) is 13.8 Å². The minimum atomic E-state index is -0.707. The molecule has 28 heavy (non-hydrogen) atoms. The Kier molecular flexibility index (Phi) is 7.55. The first kappa shape index (κ1) is 20.9. The molecule has 0 radical (unpaired) electrons. The minimum Gasteiger partial charge on any atom is -0.489 e. The lowest BCUT2D eigenvalue weighted by molar-refractivity contribution is -0.123. The van der Waals surface area contributed by atoms with E-state index >= 15 is 0 Å². The highest BCUT2D eigenvalue weighted by Crippen LogP contribution is 2.18. The van der Waals surface area contributed by atoms with Crippen LogP contribution in [0.15, 0.2) is 28.8 Å². The first-order valence-electron chi connectivity index (χ1n) is 8.80. The van der Waals surface area contributed by atoms with Gasteiger partial charge in [0.25, 0.3) is 5.91 Å². The zero-order valence-electron chi connectivity index (χ0n) is 16.0. The number of hydrogen-bond acceptors (Lipinski definition) is 7. The third kappa shape index (κ3) is 6.11. The fraction of sp³-hybridized carbons (Fsp3) is 0.368. The van der Waals surface area contributed by atoms with E-state index in [9.17, 15) is 14.4 Å². The Morgan fingerprint density at radius 3 is 2.46 bits per heavy atom. The van der Waals surface area contributed by atoms with Crippen molar-refractivity contribution in [1.82, 2.24) is 15.8 Å². The van der Waals surface area contributed by atoms with E-state index in [0.717, 1.165) is 17.7 Å². The van der Waals surface area contributed by atoms with Gasteiger partial charge in [-0.25, -0.2) is 9.59 Å². The van der Waals surface area contributed by atoms with Gasteiger partial charge in [-0.3, -0.25) is 10.1 Å². The maximum Gasteiger partial charge on any atom is 0.338 e. The van der Waals surface area contributed by atoms with E-state index in [1.54, 1.807) is 19.1 Å². The molecule has 1 heterocycles. The topological polar surface area (TPSA) is 120 Å². The van der Waals surface area contributed by atoms with E-state index in [2.05, 4.69) is 15.8 Å². The Bertz CT molecular complexity index is 809. The number of carbonyl (C=O) groups is 3. The van der Waals surface area contributed by atoms with Gasteiger partial charge in [-0.1, -0.05) is 12.1 Å². The number of esters is 1. The molecule has 2 rings (SSSR count). The predicted molar refractivity (Wildman–Crippen MR) is 98.9 cm³/mol. The van der Waals surface area contributed by atoms with Gasteiger partial charge < -0.3 is 19.3 Å². The van der Waals surface area contributed by atoms with Crippen molar-refractivity contribution in [3.05, 3.63) is 46.8 Å². The quantitative estimate of drug-likeness (QED) is 0.665. The molecule has 0 saturated carbocycles. The zero-order valence-corrected chi connectivity index (χ0v) is 16.0. The number of aromatic nitrogens is 1. The summed E-state index contributed by atoms with van der Waals surface area (Å²) in [4.78, 5) is 34.9. The molecule has 3 amide bonds. The normalized spacial score (nSPS) is 10.2. The maximum absolute atomic E-state index is 12.0. The van der Waals surface area contributed by atoms with Crippen molar-refractivity contribution in [3.8, 4) is 5.75 Å². The molecule has 1 aromatic heterocycles. The smallest absolute Gasteiger partial charge is 0.338 e. The van der Waals surface area contributed by atoms with Crippen LogP contribution < -0.4 is 15.4 Å². The van der Waals surface area contributed by atoms with Gasteiger partial charge in [0.1, 0.15) is 18.1 Å². The third-order valence-corrected chi connectivity index (χ3v) is 3.78. The SMILES string of the molecule is CCCNC(=O)NC(=O)COC(=O)c1ccc(OCc2c(C)noc2C)cc1. The Morgan fingerprint density at radius 2 is 1.86 bits per heavy atom. The molecule has 2 N–H and O–H groups in total. The third-order valence-electron chi connectivity index (χ3n) is 3.78. The summed E-state index contributed by atoms with van der Waals surface area (Å²) in [6.45, 7) is 5.72. The Balaban J connectivity index is 1.79. The van der Waals surface area contributed by atoms with Gasteiger partial charge in [0.2, 0.25) is 0 Å². The summed E-state index contributed by atoms with van der Waals surface area (Å²) in [5.74, 6) is -0.135. The van der Waals surface area contributed by atoms with E-state index in [1.807, 2.05) is 13.8 Å². The molecule has 0 saturated heterocycles. The molecule has 0 fully saturated rings. The molecule has 0 spiro atoms. The number of urea groups is 1. The van der Waals surface area contributed by atoms with Gasteiger partial charge in [-0.2, -0.15) is 0 Å². The molecular formula is C19H23N3O6. The van der Waals surface area contributed by atoms with Gasteiger partial charge in [0.15, 0.2) is 6.61 Å². The van der Waals surface area contributed by atoms with E-state index in [0.29, 0.717) is 24.7 Å². The second kappa shape index (κ2) is 10.1. The highest BCUT2D eigenvalue weighted by molar-refractivity contribution is 5.97. The van der Waals surface area contributed by atoms with Crippen LogP contribution in [0.3, 0.4) is 0 Å². The average Bonchev–Trinajstić information content (AvgIpc) is 3.01. The number of nitrogens with one attached hydrogen (secondary N) is 2. The van der Waals surface area contributed by atoms with Crippen molar-refractivity contribution in [2.45, 2.75) is 33.8 Å². The molecule has 9 nitrogen and oxygen atoms in total. The molecule has 0 bridgehead atoms. The highest BCUT2D eigenvalue weighted by Gasteiger charge is 2.13. The summed E-state index contributed by atoms with van der Waals surface area (Å²) in [5.41, 5.74) is 1.89. The van der Waals surface area contributed by atoms with E-state index in [4.69, 9.17) is 14.0 Å². The van der Waals surface area contributed by atoms with Crippen molar-refractivity contribution in [3.63, 3.8) is 0 Å². The second-order valence-electron chi connectivity index (χ2n) is 6.00. The number of nitrogens with zero attached hydrogens (tertiary/aromatic N) is 1. The van der Waals surface area contributed by atoms with Crippen LogP contribution in [0.1, 0.15) is 40.7 Å². The summed E-state index contributed by atoms with van der Waals surface area (Å²) < 4.78 is 15.6. The van der Waals surface area contributed by atoms with E-state index < -0.39 is 24.5 Å². The number of hydrogen-bond donors (Lipinski definition) is 2. The van der Waals surface area contributed by atoms with Gasteiger partial charge in [0.05, 0.1) is 16.8 Å². The number of amides is 3. The molecule has 9 heteroatoms. The van der Waals surface area contributed by atoms with Crippen LogP contribution in [0.25, 0.3) is 0 Å². The lowest BCUT2D eigenvalue weighted by Crippen LogP contribution is -2.41. The fourth-order valence-electron chi connectivity index (χ4n) is 2.21. The number of carbonyl (C=O) groups excluding carboxylic acids is 3. The predicted octanol–water partition coefficient (Wildman–Crippen LogP) is 2.26. The highest BCUT2D eigenvalue weighted by atomic mass is 16.5. The van der Waals surface area contributed by atoms with Crippen LogP contribution in [0.5, 0.6) is 5.75 Å². The van der Waals surface area contributed by atoms with Gasteiger partial charge in [-0.05, 0) is 44.5 Å². The van der Waals surface area contributed by atoms with Gasteiger partial charge in [-0.15, -0.1) is 0 Å². The van der Waals surface area contributed by atoms with E-state index in [-0.39, 0.29) is 5.56 Å². The molecule has 2 aromatic rings. The Labute approximate surface area is 162 Å². The lowest BCUT2D eigenvalue weighted by atomic mass is 10.2. The average molecular weight is 389 g/mol. The van der Waals surface area contributed by atoms with Crippen LogP contribution in [-0.2, 0) is 16.1 Å². The number of ether oxygens (including phenoxy) is 2. The van der Waals surface area contributed by atoms with Crippen molar-refractivity contribution in [1.29, 1.82) is 0 Å². The van der Waals surface area contributed by atoms with Crippen LogP contribution in [-0.4, -0.2) is 36.2 Å². The molecule has 0 aliphatic heterocycles. The summed E-state index contributed by atoms with van der Waals surface area (Å²) in [5, 5.41) is 8.41. The second-order valence-corrected chi connectivity index (χ2v) is 6.00. The largest absolute Gasteiger partial charge is 0.489 e. The number of rotatable bonds is 8. The molecule has 150 valence electrons. The summed E-state index contributed by atoms with van der Waals surface area (Å²) in [7, 11) is 0. The number of benzene rings is 1. The minimum absolute atomic E-state index is 0.257. The van der Waals surface area contributed by atoms with Crippen molar-refractivity contribution in [2.75, 3.05) is 13.2 Å². The van der Waals surface area contributed by atoms with E-state index in [1.165, 1.54) is 12.1 Å². The standard InChI is InChI=1S/C19H23N3O6/c1-4-9-20-19(25)21-17(23)11-27-18(24)14-5-7-15(8-6-14)26-10-16-12(2)22-28-13(16)3/h5-8H,4,9-11H2,1-3H3,(H2,20,21,23,25). The molecular weight excluding hydrogens is 366 g/mol. The van der Waals surface area contributed by atoms with Crippen LogP contribution >= 0.6 is 0 Å². The number of imide groups is 1. The summed E-state index contributed by atoms with van der Waals surface area (Å²) in [6.07, 6.45) is 0.745. The lowest BCUT2D eigenvalue weighted by Gasteiger charge is -2.08. The van der Waals surface area contributed by atoms with Crippen molar-refractivity contribution < 1.29 is 28.4 Å². The maximum atomic E-state index is 12.0. The Hall–Kier alpha value is -3.36. The molecule has 0 aliphatic rings. The Morgan fingerprint density at radius 1 is 1.14 bits per heavy atom. The number of aryl methyl sites for hydroxylation is 2. The first-order valence-corrected chi connectivity index (χ1v) is 8.80. The van der Waals surface area contributed by atoms with Gasteiger partial charge >= 0.3 is 12.0 Å². The van der Waals surface area contributed by atoms with Crippen LogP contribution in [0.2, 0.25) is 0 Å². The van der Waals surface area contributed by atoms with Crippen LogP contribution in [0.4, 0.5) is 4.79 Å². The summed E-state index contributed by atoms with van der Waals surface area (Å²) >= 11 is 0.